The van der Waals surface area contributed by atoms with Gasteiger partial charge >= 0.3 is 5.97 Å². The van der Waals surface area contributed by atoms with Crippen molar-refractivity contribution >= 4 is 27.6 Å². The first kappa shape index (κ1) is 13.2. The summed E-state index contributed by atoms with van der Waals surface area (Å²) in [6.07, 6.45) is 1.78. The summed E-state index contributed by atoms with van der Waals surface area (Å²) in [7, 11) is 0. The highest BCUT2D eigenvalue weighted by molar-refractivity contribution is 9.10. The molecule has 90 valence electrons. The summed E-state index contributed by atoms with van der Waals surface area (Å²) in [5.41, 5.74) is 1.17. The van der Waals surface area contributed by atoms with Crippen LogP contribution in [-0.2, 0) is 0 Å². The van der Waals surface area contributed by atoms with Crippen LogP contribution in [-0.4, -0.2) is 16.0 Å². The van der Waals surface area contributed by atoms with Crippen molar-refractivity contribution in [1.82, 2.24) is 0 Å². The molecule has 2 N–H and O–H groups in total. The maximum Gasteiger partial charge on any atom is 0.337 e. The number of hydrogen-bond acceptors (Lipinski definition) is 4. The molecule has 0 aliphatic heterocycles. The van der Waals surface area contributed by atoms with Crippen molar-refractivity contribution in [2.45, 2.75) is 6.92 Å². The van der Waals surface area contributed by atoms with Crippen molar-refractivity contribution in [3.05, 3.63) is 50.2 Å². The Balaban J connectivity index is 3.08. The van der Waals surface area contributed by atoms with Gasteiger partial charge in [-0.1, -0.05) is 15.9 Å². The molecule has 1 aromatic carbocycles. The zero-order chi connectivity index (χ0) is 13.0. The minimum absolute atomic E-state index is 0.0375. The fraction of sp³-hybridized carbons (Fsp3) is 0.100. The summed E-state index contributed by atoms with van der Waals surface area (Å²) in [4.78, 5) is 20.4. The third-order valence-corrected chi connectivity index (χ3v) is 2.82. The molecule has 0 bridgehead atoms. The molecule has 0 aromatic heterocycles. The lowest BCUT2D eigenvalue weighted by Gasteiger charge is -2.08. The van der Waals surface area contributed by atoms with Gasteiger partial charge < -0.3 is 10.4 Å². The maximum atomic E-state index is 11.0. The third kappa shape index (κ3) is 3.56. The topological polar surface area (TPSA) is 92.5 Å². The van der Waals surface area contributed by atoms with Crippen molar-refractivity contribution in [2.75, 3.05) is 5.32 Å². The molecule has 6 nitrogen and oxygen atoms in total. The number of aryl methyl sites for hydroxylation is 1. The van der Waals surface area contributed by atoms with Crippen LogP contribution in [0, 0.1) is 17.0 Å². The summed E-state index contributed by atoms with van der Waals surface area (Å²) in [5.74, 6) is -1.11. The highest BCUT2D eigenvalue weighted by Crippen LogP contribution is 2.25. The van der Waals surface area contributed by atoms with Crippen molar-refractivity contribution < 1.29 is 14.8 Å². The van der Waals surface area contributed by atoms with Gasteiger partial charge in [0.2, 0.25) is 6.20 Å². The van der Waals surface area contributed by atoms with E-state index in [4.69, 9.17) is 5.11 Å². The quantitative estimate of drug-likeness (QED) is 0.658. The van der Waals surface area contributed by atoms with E-state index in [0.717, 1.165) is 11.8 Å². The van der Waals surface area contributed by atoms with E-state index >= 15 is 0 Å². The Labute approximate surface area is 105 Å². The molecule has 0 saturated carbocycles. The molecule has 0 unspecified atom stereocenters. The number of halogens is 1. The molecule has 0 fully saturated rings. The number of benzene rings is 1. The zero-order valence-corrected chi connectivity index (χ0v) is 10.4. The molecular formula is C10H9BrN2O4. The predicted molar refractivity (Wildman–Crippen MR) is 65.6 cm³/mol. The van der Waals surface area contributed by atoms with Crippen LogP contribution in [0.4, 0.5) is 5.69 Å². The number of rotatable bonds is 4. The number of hydrogen-bond donors (Lipinski definition) is 2. The largest absolute Gasteiger partial charge is 0.478 e. The minimum Gasteiger partial charge on any atom is -0.478 e. The summed E-state index contributed by atoms with van der Waals surface area (Å²) in [6.45, 7) is 1.79. The summed E-state index contributed by atoms with van der Waals surface area (Å²) in [6, 6.07) is 3.04. The maximum absolute atomic E-state index is 11.0. The molecule has 0 atom stereocenters. The predicted octanol–water partition coefficient (Wildman–Crippen LogP) is 2.62. The first-order chi connectivity index (χ1) is 7.91. The summed E-state index contributed by atoms with van der Waals surface area (Å²) < 4.78 is 0.665. The Bertz CT molecular complexity index is 499. The monoisotopic (exact) mass is 300 g/mol. The zero-order valence-electron chi connectivity index (χ0n) is 8.81. The first-order valence-corrected chi connectivity index (χ1v) is 5.31. The first-order valence-electron chi connectivity index (χ1n) is 4.52. The number of carboxylic acids is 1. The molecule has 0 aliphatic carbocycles. The SMILES string of the molecule is Cc1cc(NC=C[N+](=O)[O-])c(C(=O)O)cc1Br. The second-order valence-corrected chi connectivity index (χ2v) is 4.05. The molecule has 0 saturated heterocycles. The summed E-state index contributed by atoms with van der Waals surface area (Å²) >= 11 is 3.22. The van der Waals surface area contributed by atoms with Gasteiger partial charge in [-0.2, -0.15) is 0 Å². The Morgan fingerprint density at radius 2 is 2.24 bits per heavy atom. The Kier molecular flexibility index (Phi) is 4.22. The van der Waals surface area contributed by atoms with Gasteiger partial charge in [0.05, 0.1) is 22.4 Å². The minimum atomic E-state index is -1.11. The van der Waals surface area contributed by atoms with Crippen LogP contribution in [0.1, 0.15) is 15.9 Å². The molecule has 17 heavy (non-hydrogen) atoms. The molecule has 1 aromatic rings. The number of nitrogens with one attached hydrogen (secondary N) is 1. The van der Waals surface area contributed by atoms with Gasteiger partial charge in [-0.15, -0.1) is 0 Å². The molecule has 0 heterocycles. The number of carboxylic acid groups (broad SMARTS) is 1. The lowest BCUT2D eigenvalue weighted by molar-refractivity contribution is -0.402. The van der Waals surface area contributed by atoms with E-state index in [1.165, 1.54) is 6.07 Å². The lowest BCUT2D eigenvalue weighted by Crippen LogP contribution is -2.03. The molecule has 0 radical (unpaired) electrons. The van der Waals surface area contributed by atoms with Gasteiger partial charge in [-0.25, -0.2) is 4.79 Å². The molecule has 0 aliphatic rings. The smallest absolute Gasteiger partial charge is 0.337 e. The number of nitrogens with zero attached hydrogens (tertiary/aromatic N) is 1. The normalized spacial score (nSPS) is 10.5. The van der Waals surface area contributed by atoms with E-state index in [-0.39, 0.29) is 5.56 Å². The average molecular weight is 301 g/mol. The fourth-order valence-corrected chi connectivity index (χ4v) is 1.51. The van der Waals surface area contributed by atoms with Gasteiger partial charge in [-0.05, 0) is 24.6 Å². The molecule has 0 spiro atoms. The number of nitro groups is 1. The Morgan fingerprint density at radius 1 is 1.59 bits per heavy atom. The van der Waals surface area contributed by atoms with Gasteiger partial charge in [-0.3, -0.25) is 10.1 Å². The van der Waals surface area contributed by atoms with E-state index in [0.29, 0.717) is 16.4 Å². The van der Waals surface area contributed by atoms with Gasteiger partial charge in [0.15, 0.2) is 0 Å². The van der Waals surface area contributed by atoms with Crippen molar-refractivity contribution in [3.63, 3.8) is 0 Å². The molecule has 1 rings (SSSR count). The highest BCUT2D eigenvalue weighted by atomic mass is 79.9. The average Bonchev–Trinajstić information content (AvgIpc) is 2.22. The number of aromatic carboxylic acids is 1. The van der Waals surface area contributed by atoms with E-state index < -0.39 is 10.9 Å². The second kappa shape index (κ2) is 5.44. The standard InChI is InChI=1S/C10H9BrN2O4/c1-6-4-9(12-2-3-13(16)17)7(10(14)15)5-8(6)11/h2-5,12H,1H3,(H,14,15). The van der Waals surface area contributed by atoms with Crippen LogP contribution in [0.3, 0.4) is 0 Å². The fourth-order valence-electron chi connectivity index (χ4n) is 1.17. The second-order valence-electron chi connectivity index (χ2n) is 3.20. The highest BCUT2D eigenvalue weighted by Gasteiger charge is 2.11. The van der Waals surface area contributed by atoms with Crippen LogP contribution < -0.4 is 5.32 Å². The van der Waals surface area contributed by atoms with Gasteiger partial charge in [0.25, 0.3) is 0 Å². The van der Waals surface area contributed by atoms with E-state index in [1.807, 2.05) is 0 Å². The van der Waals surface area contributed by atoms with Crippen LogP contribution in [0.5, 0.6) is 0 Å². The van der Waals surface area contributed by atoms with Crippen LogP contribution in [0.25, 0.3) is 0 Å². The van der Waals surface area contributed by atoms with E-state index in [2.05, 4.69) is 21.2 Å². The van der Waals surface area contributed by atoms with Gasteiger partial charge in [0, 0.05) is 4.47 Å². The third-order valence-electron chi connectivity index (χ3n) is 1.96. The van der Waals surface area contributed by atoms with Crippen molar-refractivity contribution in [2.24, 2.45) is 0 Å². The molecular weight excluding hydrogens is 292 g/mol. The van der Waals surface area contributed by atoms with Crippen molar-refractivity contribution in [1.29, 1.82) is 0 Å². The van der Waals surface area contributed by atoms with E-state index in [1.54, 1.807) is 13.0 Å². The molecule has 7 heteroatoms. The van der Waals surface area contributed by atoms with Crippen molar-refractivity contribution in [3.8, 4) is 0 Å². The van der Waals surface area contributed by atoms with Gasteiger partial charge in [0.1, 0.15) is 0 Å². The Morgan fingerprint density at radius 3 is 2.76 bits per heavy atom. The van der Waals surface area contributed by atoms with E-state index in [9.17, 15) is 14.9 Å². The van der Waals surface area contributed by atoms with Crippen LogP contribution in [0.2, 0.25) is 0 Å². The molecule has 0 amide bonds. The van der Waals surface area contributed by atoms with Crippen LogP contribution in [0.15, 0.2) is 29.0 Å². The summed E-state index contributed by atoms with van der Waals surface area (Å²) in [5, 5.41) is 21.6. The Hall–Kier alpha value is -1.89. The lowest BCUT2D eigenvalue weighted by atomic mass is 10.1. The van der Waals surface area contributed by atoms with Crippen LogP contribution >= 0.6 is 15.9 Å². The number of carbonyl (C=O) groups is 1. The number of anilines is 1.